The van der Waals surface area contributed by atoms with Gasteiger partial charge in [-0.1, -0.05) is 44.2 Å². The van der Waals surface area contributed by atoms with E-state index >= 15 is 0 Å². The second kappa shape index (κ2) is 12.9. The molecule has 218 valence electrons. The van der Waals surface area contributed by atoms with Crippen LogP contribution < -0.4 is 14.8 Å². The molecule has 10 nitrogen and oxygen atoms in total. The summed E-state index contributed by atoms with van der Waals surface area (Å²) in [6.07, 6.45) is -1.05. The van der Waals surface area contributed by atoms with E-state index in [4.69, 9.17) is 19.5 Å². The molecule has 11 heteroatoms. The Kier molecular flexibility index (Phi) is 10.1. The molecule has 0 saturated heterocycles. The van der Waals surface area contributed by atoms with Crippen molar-refractivity contribution in [2.75, 3.05) is 19.9 Å². The predicted octanol–water partition coefficient (Wildman–Crippen LogP) is 4.23. The highest BCUT2D eigenvalue weighted by Crippen LogP contribution is 2.35. The molecule has 0 aromatic heterocycles. The molecule has 0 aliphatic carbocycles. The molecule has 0 saturated carbocycles. The number of sulfonamides is 1. The summed E-state index contributed by atoms with van der Waals surface area (Å²) in [6, 6.07) is 14.9. The van der Waals surface area contributed by atoms with Crippen LogP contribution in [0.1, 0.15) is 53.0 Å². The van der Waals surface area contributed by atoms with Gasteiger partial charge in [0, 0.05) is 25.6 Å². The second-order valence-electron chi connectivity index (χ2n) is 11.6. The van der Waals surface area contributed by atoms with Gasteiger partial charge in [-0.3, -0.25) is 0 Å². The van der Waals surface area contributed by atoms with Crippen LogP contribution in [0.4, 0.5) is 4.79 Å². The van der Waals surface area contributed by atoms with Crippen molar-refractivity contribution in [2.24, 2.45) is 5.41 Å². The summed E-state index contributed by atoms with van der Waals surface area (Å²) in [5.74, 6) is 0.767. The SMILES string of the molecule is CC(C)(CCC#N)CN(CC(O)C(Cc1ccccc1)NC(=O)OC(C)(C)C)S(=O)(=O)c1ccc2c(c1)OCO2. The molecular weight excluding hydrogens is 534 g/mol. The minimum atomic E-state index is -4.13. The number of nitrogens with one attached hydrogen (secondary N) is 1. The number of aliphatic hydroxyl groups excluding tert-OH is 1. The van der Waals surface area contributed by atoms with Gasteiger partial charge in [0.05, 0.1) is 23.1 Å². The van der Waals surface area contributed by atoms with E-state index < -0.39 is 39.3 Å². The van der Waals surface area contributed by atoms with Crippen LogP contribution in [0, 0.1) is 16.7 Å². The average Bonchev–Trinajstić information content (AvgIpc) is 3.34. The van der Waals surface area contributed by atoms with Gasteiger partial charge < -0.3 is 24.6 Å². The van der Waals surface area contributed by atoms with Crippen molar-refractivity contribution in [1.82, 2.24) is 9.62 Å². The lowest BCUT2D eigenvalue weighted by atomic mass is 9.88. The van der Waals surface area contributed by atoms with Crippen LogP contribution in [0.15, 0.2) is 53.4 Å². The lowest BCUT2D eigenvalue weighted by molar-refractivity contribution is 0.0392. The third-order valence-corrected chi connectivity index (χ3v) is 8.16. The molecule has 1 heterocycles. The molecule has 2 unspecified atom stereocenters. The van der Waals surface area contributed by atoms with Crippen molar-refractivity contribution in [1.29, 1.82) is 5.26 Å². The smallest absolute Gasteiger partial charge is 0.407 e. The number of ether oxygens (including phenoxy) is 3. The molecule has 2 atom stereocenters. The van der Waals surface area contributed by atoms with Gasteiger partial charge in [-0.05, 0) is 56.7 Å². The summed E-state index contributed by atoms with van der Waals surface area (Å²) in [4.78, 5) is 12.7. The molecular formula is C29H39N3O7S. The van der Waals surface area contributed by atoms with Gasteiger partial charge in [0.1, 0.15) is 5.60 Å². The lowest BCUT2D eigenvalue weighted by Crippen LogP contribution is -2.52. The molecule has 0 radical (unpaired) electrons. The highest BCUT2D eigenvalue weighted by atomic mass is 32.2. The molecule has 0 bridgehead atoms. The van der Waals surface area contributed by atoms with Gasteiger partial charge in [0.25, 0.3) is 0 Å². The highest BCUT2D eigenvalue weighted by molar-refractivity contribution is 7.89. The number of amides is 1. The molecule has 1 aliphatic rings. The Labute approximate surface area is 236 Å². The van der Waals surface area contributed by atoms with Crippen LogP contribution in [0.5, 0.6) is 11.5 Å². The summed E-state index contributed by atoms with van der Waals surface area (Å²) in [6.45, 7) is 8.68. The first-order valence-corrected chi connectivity index (χ1v) is 14.6. The maximum atomic E-state index is 14.0. The summed E-state index contributed by atoms with van der Waals surface area (Å²) < 4.78 is 45.2. The van der Waals surface area contributed by atoms with Crippen LogP contribution in [0.3, 0.4) is 0 Å². The number of nitriles is 1. The first-order chi connectivity index (χ1) is 18.7. The molecule has 1 amide bonds. The molecule has 2 aromatic rings. The van der Waals surface area contributed by atoms with E-state index in [-0.39, 0.29) is 37.6 Å². The van der Waals surface area contributed by atoms with Gasteiger partial charge in [-0.15, -0.1) is 0 Å². The lowest BCUT2D eigenvalue weighted by Gasteiger charge is -2.35. The van der Waals surface area contributed by atoms with E-state index in [1.165, 1.54) is 22.5 Å². The Morgan fingerprint density at radius 2 is 1.80 bits per heavy atom. The zero-order valence-electron chi connectivity index (χ0n) is 23.7. The van der Waals surface area contributed by atoms with Crippen molar-refractivity contribution in [3.8, 4) is 17.6 Å². The number of aliphatic hydroxyl groups is 1. The monoisotopic (exact) mass is 573 g/mol. The summed E-state index contributed by atoms with van der Waals surface area (Å²) in [7, 11) is -4.13. The molecule has 0 fully saturated rings. The van der Waals surface area contributed by atoms with E-state index in [1.54, 1.807) is 20.8 Å². The third-order valence-electron chi connectivity index (χ3n) is 6.36. The van der Waals surface area contributed by atoms with Crippen molar-refractivity contribution < 1.29 is 32.5 Å². The van der Waals surface area contributed by atoms with Crippen molar-refractivity contribution in [2.45, 2.75) is 76.5 Å². The molecule has 3 rings (SSSR count). The largest absolute Gasteiger partial charge is 0.454 e. The standard InChI is InChI=1S/C29H39N3O7S/c1-28(2,3)39-27(34)31-23(16-21-10-7-6-8-11-21)24(33)18-32(19-29(4,5)14-9-15-30)40(35,36)22-12-13-25-26(17-22)38-20-37-25/h6-8,10-13,17,23-24,33H,9,14,16,18-20H2,1-5H3,(H,31,34). The zero-order chi connectivity index (χ0) is 29.6. The van der Waals surface area contributed by atoms with E-state index in [9.17, 15) is 18.3 Å². The van der Waals surface area contributed by atoms with Gasteiger partial charge >= 0.3 is 6.09 Å². The number of rotatable bonds is 12. The first kappa shape index (κ1) is 31.2. The molecule has 0 spiro atoms. The topological polar surface area (TPSA) is 138 Å². The maximum Gasteiger partial charge on any atom is 0.407 e. The second-order valence-corrected chi connectivity index (χ2v) is 13.6. The predicted molar refractivity (Wildman–Crippen MR) is 149 cm³/mol. The van der Waals surface area contributed by atoms with Gasteiger partial charge in [0.2, 0.25) is 16.8 Å². The number of alkyl carbamates (subject to hydrolysis) is 1. The Morgan fingerprint density at radius 3 is 2.45 bits per heavy atom. The van der Waals surface area contributed by atoms with Crippen LogP contribution in [-0.2, 0) is 21.2 Å². The quantitative estimate of drug-likeness (QED) is 0.385. The van der Waals surface area contributed by atoms with Crippen LogP contribution in [0.2, 0.25) is 0 Å². The van der Waals surface area contributed by atoms with E-state index in [1.807, 2.05) is 44.2 Å². The van der Waals surface area contributed by atoms with Crippen LogP contribution in [-0.4, -0.2) is 61.6 Å². The van der Waals surface area contributed by atoms with Gasteiger partial charge in [-0.25, -0.2) is 13.2 Å². The Balaban J connectivity index is 1.93. The molecule has 2 aromatic carbocycles. The molecule has 2 N–H and O–H groups in total. The summed E-state index contributed by atoms with van der Waals surface area (Å²) >= 11 is 0. The highest BCUT2D eigenvalue weighted by Gasteiger charge is 2.36. The third kappa shape index (κ3) is 8.84. The molecule has 40 heavy (non-hydrogen) atoms. The molecule has 1 aliphatic heterocycles. The van der Waals surface area contributed by atoms with Crippen LogP contribution in [0.25, 0.3) is 0 Å². The van der Waals surface area contributed by atoms with Gasteiger partial charge in [0.15, 0.2) is 11.5 Å². The number of fused-ring (bicyclic) bond motifs is 1. The van der Waals surface area contributed by atoms with E-state index in [0.717, 1.165) is 5.56 Å². The Hall–Kier alpha value is -3.33. The van der Waals surface area contributed by atoms with Gasteiger partial charge in [-0.2, -0.15) is 9.57 Å². The Morgan fingerprint density at radius 1 is 1.12 bits per heavy atom. The number of hydrogen-bond acceptors (Lipinski definition) is 8. The average molecular weight is 574 g/mol. The number of carbonyl (C=O) groups is 1. The number of nitrogens with zero attached hydrogens (tertiary/aromatic N) is 2. The minimum Gasteiger partial charge on any atom is -0.454 e. The van der Waals surface area contributed by atoms with E-state index in [0.29, 0.717) is 17.9 Å². The first-order valence-electron chi connectivity index (χ1n) is 13.2. The van der Waals surface area contributed by atoms with E-state index in [2.05, 4.69) is 11.4 Å². The fourth-order valence-corrected chi connectivity index (χ4v) is 5.99. The minimum absolute atomic E-state index is 0.0000454. The fourth-order valence-electron chi connectivity index (χ4n) is 4.33. The fraction of sp³-hybridized carbons (Fsp3) is 0.517. The zero-order valence-corrected chi connectivity index (χ0v) is 24.5. The number of hydrogen-bond donors (Lipinski definition) is 2. The van der Waals surface area contributed by atoms with Crippen molar-refractivity contribution >= 4 is 16.1 Å². The number of carbonyl (C=O) groups excluding carboxylic acids is 1. The summed E-state index contributed by atoms with van der Waals surface area (Å²) in [5, 5.41) is 23.3. The van der Waals surface area contributed by atoms with Crippen LogP contribution >= 0.6 is 0 Å². The maximum absolute atomic E-state index is 14.0. The normalized spacial score (nSPS) is 14.8. The number of benzene rings is 2. The Bertz CT molecular complexity index is 1300. The van der Waals surface area contributed by atoms with Crippen molar-refractivity contribution in [3.63, 3.8) is 0 Å². The van der Waals surface area contributed by atoms with Crippen molar-refractivity contribution in [3.05, 3.63) is 54.1 Å². The summed E-state index contributed by atoms with van der Waals surface area (Å²) in [5.41, 5.74) is -0.486.